The van der Waals surface area contributed by atoms with Crippen LogP contribution in [0.2, 0.25) is 5.02 Å². The van der Waals surface area contributed by atoms with E-state index in [-0.39, 0.29) is 11.8 Å². The SMILES string of the molecule is CCN(CC)Cc1csc(CNC(=O)C(C)Cc2ccc(Cl)cc2)n1. The van der Waals surface area contributed by atoms with Gasteiger partial charge in [0, 0.05) is 22.9 Å². The number of nitrogens with zero attached hydrogens (tertiary/aromatic N) is 2. The second-order valence-corrected chi connectivity index (χ2v) is 7.52. The van der Waals surface area contributed by atoms with E-state index in [0.717, 1.165) is 35.9 Å². The van der Waals surface area contributed by atoms with Gasteiger partial charge in [0.05, 0.1) is 12.2 Å². The summed E-state index contributed by atoms with van der Waals surface area (Å²) in [4.78, 5) is 19.2. The smallest absolute Gasteiger partial charge is 0.223 e. The van der Waals surface area contributed by atoms with Crippen molar-refractivity contribution in [2.75, 3.05) is 13.1 Å². The van der Waals surface area contributed by atoms with Crippen LogP contribution < -0.4 is 5.32 Å². The highest BCUT2D eigenvalue weighted by atomic mass is 35.5. The van der Waals surface area contributed by atoms with Crippen LogP contribution >= 0.6 is 22.9 Å². The molecular formula is C19H26ClN3OS. The Labute approximate surface area is 159 Å². The fourth-order valence-corrected chi connectivity index (χ4v) is 3.43. The number of carbonyl (C=O) groups is 1. The number of hydrogen-bond donors (Lipinski definition) is 1. The molecule has 6 heteroatoms. The Bertz CT molecular complexity index is 668. The second kappa shape index (κ2) is 9.90. The van der Waals surface area contributed by atoms with Crippen molar-refractivity contribution in [1.82, 2.24) is 15.2 Å². The van der Waals surface area contributed by atoms with Gasteiger partial charge in [-0.05, 0) is 37.2 Å². The summed E-state index contributed by atoms with van der Waals surface area (Å²) in [7, 11) is 0. The van der Waals surface area contributed by atoms with Crippen LogP contribution in [0.4, 0.5) is 0 Å². The number of hydrogen-bond acceptors (Lipinski definition) is 4. The van der Waals surface area contributed by atoms with E-state index in [0.29, 0.717) is 18.0 Å². The number of rotatable bonds is 9. The zero-order valence-corrected chi connectivity index (χ0v) is 16.7. The molecule has 1 unspecified atom stereocenters. The largest absolute Gasteiger partial charge is 0.349 e. The van der Waals surface area contributed by atoms with Crippen LogP contribution in [0, 0.1) is 5.92 Å². The van der Waals surface area contributed by atoms with Crippen molar-refractivity contribution in [2.45, 2.75) is 40.3 Å². The van der Waals surface area contributed by atoms with Crippen molar-refractivity contribution in [1.29, 1.82) is 0 Å². The Kier molecular flexibility index (Phi) is 7.88. The van der Waals surface area contributed by atoms with Gasteiger partial charge >= 0.3 is 0 Å². The van der Waals surface area contributed by atoms with Gasteiger partial charge < -0.3 is 5.32 Å². The average Bonchev–Trinajstić information content (AvgIpc) is 3.07. The molecular weight excluding hydrogens is 354 g/mol. The summed E-state index contributed by atoms with van der Waals surface area (Å²) in [5.74, 6) is -0.0354. The number of halogens is 1. The molecule has 0 radical (unpaired) electrons. The van der Waals surface area contributed by atoms with Crippen LogP contribution in [0.25, 0.3) is 0 Å². The van der Waals surface area contributed by atoms with Gasteiger partial charge in [-0.1, -0.05) is 44.5 Å². The van der Waals surface area contributed by atoms with Crippen molar-refractivity contribution in [3.63, 3.8) is 0 Å². The minimum Gasteiger partial charge on any atom is -0.349 e. The molecule has 1 aromatic heterocycles. The highest BCUT2D eigenvalue weighted by Gasteiger charge is 2.14. The molecule has 2 rings (SSSR count). The molecule has 1 atom stereocenters. The second-order valence-electron chi connectivity index (χ2n) is 6.14. The quantitative estimate of drug-likeness (QED) is 0.712. The third-order valence-electron chi connectivity index (χ3n) is 4.20. The summed E-state index contributed by atoms with van der Waals surface area (Å²) >= 11 is 7.50. The molecule has 1 N–H and O–H groups in total. The van der Waals surface area contributed by atoms with Crippen molar-refractivity contribution < 1.29 is 4.79 Å². The summed E-state index contributed by atoms with van der Waals surface area (Å²) in [5, 5.41) is 6.74. The summed E-state index contributed by atoms with van der Waals surface area (Å²) in [6, 6.07) is 7.64. The van der Waals surface area contributed by atoms with E-state index in [1.54, 1.807) is 11.3 Å². The predicted molar refractivity (Wildman–Crippen MR) is 105 cm³/mol. The molecule has 2 aromatic rings. The first-order valence-corrected chi connectivity index (χ1v) is 9.95. The Morgan fingerprint density at radius 3 is 2.60 bits per heavy atom. The Hall–Kier alpha value is -1.43. The number of amides is 1. The lowest BCUT2D eigenvalue weighted by molar-refractivity contribution is -0.124. The summed E-state index contributed by atoms with van der Waals surface area (Å²) in [6.07, 6.45) is 0.702. The molecule has 1 amide bonds. The molecule has 0 fully saturated rings. The van der Waals surface area contributed by atoms with Gasteiger partial charge in [-0.2, -0.15) is 0 Å². The third-order valence-corrected chi connectivity index (χ3v) is 5.35. The van der Waals surface area contributed by atoms with Crippen LogP contribution in [0.3, 0.4) is 0 Å². The van der Waals surface area contributed by atoms with Crippen molar-refractivity contribution >= 4 is 28.8 Å². The van der Waals surface area contributed by atoms with E-state index >= 15 is 0 Å². The van der Waals surface area contributed by atoms with E-state index in [4.69, 9.17) is 11.6 Å². The lowest BCUT2D eigenvalue weighted by Crippen LogP contribution is -2.29. The summed E-state index contributed by atoms with van der Waals surface area (Å²) in [6.45, 7) is 9.64. The first-order valence-electron chi connectivity index (χ1n) is 8.69. The van der Waals surface area contributed by atoms with Gasteiger partial charge in [-0.15, -0.1) is 11.3 Å². The Balaban J connectivity index is 1.81. The molecule has 0 saturated carbocycles. The third kappa shape index (κ3) is 6.42. The minimum absolute atomic E-state index is 0.0513. The standard InChI is InChI=1S/C19H26ClN3OS/c1-4-23(5-2)12-17-13-25-18(22-17)11-21-19(24)14(3)10-15-6-8-16(20)9-7-15/h6-9,13-14H,4-5,10-12H2,1-3H3,(H,21,24). The van der Waals surface area contributed by atoms with E-state index in [1.807, 2.05) is 31.2 Å². The van der Waals surface area contributed by atoms with Crippen LogP contribution in [0.1, 0.15) is 37.0 Å². The number of aromatic nitrogens is 1. The van der Waals surface area contributed by atoms with Gasteiger partial charge in [-0.25, -0.2) is 4.98 Å². The van der Waals surface area contributed by atoms with Gasteiger partial charge in [0.15, 0.2) is 0 Å². The Morgan fingerprint density at radius 1 is 1.28 bits per heavy atom. The zero-order chi connectivity index (χ0) is 18.2. The molecule has 0 saturated heterocycles. The molecule has 0 aliphatic carbocycles. The maximum Gasteiger partial charge on any atom is 0.223 e. The van der Waals surface area contributed by atoms with Gasteiger partial charge in [0.2, 0.25) is 5.91 Å². The van der Waals surface area contributed by atoms with Crippen molar-refractivity contribution in [3.8, 4) is 0 Å². The lowest BCUT2D eigenvalue weighted by atomic mass is 10.0. The van der Waals surface area contributed by atoms with Gasteiger partial charge in [0.25, 0.3) is 0 Å². The van der Waals surface area contributed by atoms with Crippen molar-refractivity contribution in [3.05, 3.63) is 50.9 Å². The molecule has 0 aliphatic heterocycles. The first kappa shape index (κ1) is 19.9. The van der Waals surface area contributed by atoms with E-state index in [1.165, 1.54) is 0 Å². The molecule has 1 aromatic carbocycles. The fourth-order valence-electron chi connectivity index (χ4n) is 2.58. The number of thiazole rings is 1. The van der Waals surface area contributed by atoms with Crippen LogP contribution in [-0.2, 0) is 24.3 Å². The average molecular weight is 380 g/mol. The fraction of sp³-hybridized carbons (Fsp3) is 0.474. The van der Waals surface area contributed by atoms with Crippen molar-refractivity contribution in [2.24, 2.45) is 5.92 Å². The van der Waals surface area contributed by atoms with Gasteiger partial charge in [-0.3, -0.25) is 9.69 Å². The minimum atomic E-state index is -0.0868. The number of benzene rings is 1. The molecule has 0 spiro atoms. The molecule has 136 valence electrons. The maximum atomic E-state index is 12.3. The number of nitrogens with one attached hydrogen (secondary N) is 1. The summed E-state index contributed by atoms with van der Waals surface area (Å²) in [5.41, 5.74) is 2.19. The van der Waals surface area contributed by atoms with Crippen LogP contribution in [0.15, 0.2) is 29.6 Å². The molecule has 25 heavy (non-hydrogen) atoms. The number of carbonyl (C=O) groups excluding carboxylic acids is 1. The maximum absolute atomic E-state index is 12.3. The molecule has 0 aliphatic rings. The zero-order valence-electron chi connectivity index (χ0n) is 15.1. The highest BCUT2D eigenvalue weighted by Crippen LogP contribution is 2.15. The Morgan fingerprint density at radius 2 is 1.96 bits per heavy atom. The van der Waals surface area contributed by atoms with E-state index < -0.39 is 0 Å². The monoisotopic (exact) mass is 379 g/mol. The molecule has 0 bridgehead atoms. The molecule has 4 nitrogen and oxygen atoms in total. The summed E-state index contributed by atoms with van der Waals surface area (Å²) < 4.78 is 0. The normalized spacial score (nSPS) is 12.4. The van der Waals surface area contributed by atoms with E-state index in [2.05, 4.69) is 34.4 Å². The van der Waals surface area contributed by atoms with Crippen LogP contribution in [-0.4, -0.2) is 28.9 Å². The highest BCUT2D eigenvalue weighted by molar-refractivity contribution is 7.09. The topological polar surface area (TPSA) is 45.2 Å². The first-order chi connectivity index (χ1) is 12.0. The van der Waals surface area contributed by atoms with E-state index in [9.17, 15) is 4.79 Å². The van der Waals surface area contributed by atoms with Gasteiger partial charge in [0.1, 0.15) is 5.01 Å². The van der Waals surface area contributed by atoms with Crippen LogP contribution in [0.5, 0.6) is 0 Å². The molecule has 1 heterocycles. The lowest BCUT2D eigenvalue weighted by Gasteiger charge is -2.15. The predicted octanol–water partition coefficient (Wildman–Crippen LogP) is 4.13.